The number of hydrogen-bond donors (Lipinski definition) is 2. The highest BCUT2D eigenvalue weighted by Crippen LogP contribution is 2.31. The summed E-state index contributed by atoms with van der Waals surface area (Å²) in [6.45, 7) is 2.53. The Bertz CT molecular complexity index is 1070. The lowest BCUT2D eigenvalue weighted by atomic mass is 10.2. The lowest BCUT2D eigenvalue weighted by Crippen LogP contribution is -2.35. The van der Waals surface area contributed by atoms with Crippen LogP contribution in [0, 0.1) is 0 Å². The molecule has 9 heteroatoms. The zero-order valence-electron chi connectivity index (χ0n) is 18.0. The van der Waals surface area contributed by atoms with Crippen molar-refractivity contribution in [3.63, 3.8) is 0 Å². The van der Waals surface area contributed by atoms with Crippen molar-refractivity contribution in [3.05, 3.63) is 82.1 Å². The number of ether oxygens (including phenoxy) is 3. The fourth-order valence-electron chi connectivity index (χ4n) is 2.83. The Kier molecular flexibility index (Phi) is 9.18. The van der Waals surface area contributed by atoms with Gasteiger partial charge in [0.2, 0.25) is 0 Å². The van der Waals surface area contributed by atoms with E-state index in [1.165, 1.54) is 0 Å². The van der Waals surface area contributed by atoms with Crippen molar-refractivity contribution in [3.8, 4) is 17.2 Å². The topological polar surface area (TPSA) is 89.9 Å². The van der Waals surface area contributed by atoms with Gasteiger partial charge in [-0.3, -0.25) is 9.78 Å². The molecule has 1 unspecified atom stereocenters. The molecule has 1 amide bonds. The summed E-state index contributed by atoms with van der Waals surface area (Å²) in [5.41, 5.74) is 1.34. The van der Waals surface area contributed by atoms with Crippen molar-refractivity contribution in [2.24, 2.45) is 0 Å². The molecule has 33 heavy (non-hydrogen) atoms. The number of carbonyl (C=O) groups is 1. The molecule has 7 nitrogen and oxygen atoms in total. The molecule has 1 heterocycles. The van der Waals surface area contributed by atoms with E-state index in [2.05, 4.69) is 10.3 Å². The number of aromatic nitrogens is 1. The van der Waals surface area contributed by atoms with Gasteiger partial charge in [0, 0.05) is 24.5 Å². The summed E-state index contributed by atoms with van der Waals surface area (Å²) in [6, 6.07) is 13.6. The molecule has 0 saturated carbocycles. The molecule has 0 aliphatic heterocycles. The number of aliphatic hydroxyl groups excluding tert-OH is 1. The highest BCUT2D eigenvalue weighted by atomic mass is 35.5. The Balaban J connectivity index is 1.55. The van der Waals surface area contributed by atoms with E-state index in [9.17, 15) is 9.90 Å². The average Bonchev–Trinajstić information content (AvgIpc) is 2.83. The van der Waals surface area contributed by atoms with E-state index in [4.69, 9.17) is 37.4 Å². The van der Waals surface area contributed by atoms with Crippen molar-refractivity contribution in [2.45, 2.75) is 19.6 Å². The van der Waals surface area contributed by atoms with Gasteiger partial charge in [-0.25, -0.2) is 0 Å². The minimum Gasteiger partial charge on any atom is -0.490 e. The molecule has 1 aromatic heterocycles. The van der Waals surface area contributed by atoms with E-state index in [-0.39, 0.29) is 24.1 Å². The van der Waals surface area contributed by atoms with Crippen LogP contribution >= 0.6 is 23.2 Å². The first-order valence-corrected chi connectivity index (χ1v) is 11.0. The van der Waals surface area contributed by atoms with Crippen LogP contribution in [-0.2, 0) is 6.61 Å². The van der Waals surface area contributed by atoms with Gasteiger partial charge in [-0.1, -0.05) is 29.3 Å². The number of aliphatic hydroxyl groups is 1. The van der Waals surface area contributed by atoms with E-state index >= 15 is 0 Å². The van der Waals surface area contributed by atoms with Crippen LogP contribution in [0.2, 0.25) is 10.0 Å². The molecule has 2 aromatic carbocycles. The Morgan fingerprint density at radius 1 is 1.03 bits per heavy atom. The number of rotatable bonds is 11. The maximum absolute atomic E-state index is 12.6. The van der Waals surface area contributed by atoms with E-state index in [1.807, 2.05) is 19.1 Å². The molecular formula is C24H24Cl2N2O5. The molecule has 0 saturated heterocycles. The second kappa shape index (κ2) is 12.3. The summed E-state index contributed by atoms with van der Waals surface area (Å²) in [4.78, 5) is 16.5. The molecule has 1 atom stereocenters. The summed E-state index contributed by atoms with van der Waals surface area (Å²) >= 11 is 12.0. The highest BCUT2D eigenvalue weighted by Gasteiger charge is 2.14. The lowest BCUT2D eigenvalue weighted by Gasteiger charge is -2.16. The van der Waals surface area contributed by atoms with Crippen molar-refractivity contribution in [1.82, 2.24) is 10.3 Å². The Hall–Kier alpha value is -3.00. The lowest BCUT2D eigenvalue weighted by molar-refractivity contribution is 0.0843. The standard InChI is InChI=1S/C24H24Cl2N2O5/c1-2-31-22-12-17(6-7-20(22)32-14-16-8-10-27-11-9-16)24(30)28-13-18(29)15-33-21-5-3-4-19(25)23(21)26/h3-12,18,29H,2,13-15H2,1H3,(H,28,30). The summed E-state index contributed by atoms with van der Waals surface area (Å²) in [7, 11) is 0. The maximum atomic E-state index is 12.6. The van der Waals surface area contributed by atoms with Gasteiger partial charge in [0.15, 0.2) is 11.5 Å². The van der Waals surface area contributed by atoms with Gasteiger partial charge in [-0.2, -0.15) is 0 Å². The molecular weight excluding hydrogens is 467 g/mol. The van der Waals surface area contributed by atoms with Gasteiger partial charge in [0.05, 0.1) is 11.6 Å². The van der Waals surface area contributed by atoms with Gasteiger partial charge in [0.1, 0.15) is 30.1 Å². The summed E-state index contributed by atoms with van der Waals surface area (Å²) in [5, 5.41) is 13.5. The first kappa shape index (κ1) is 24.6. The van der Waals surface area contributed by atoms with Crippen LogP contribution in [0.4, 0.5) is 0 Å². The summed E-state index contributed by atoms with van der Waals surface area (Å²) in [5.74, 6) is 0.977. The number of hydrogen-bond acceptors (Lipinski definition) is 6. The molecule has 174 valence electrons. The SMILES string of the molecule is CCOc1cc(C(=O)NCC(O)COc2cccc(Cl)c2Cl)ccc1OCc1ccncc1. The third kappa shape index (κ3) is 7.25. The Labute approximate surface area is 202 Å². The summed E-state index contributed by atoms with van der Waals surface area (Å²) in [6.07, 6.45) is 2.44. The number of nitrogens with one attached hydrogen (secondary N) is 1. The van der Waals surface area contributed by atoms with Gasteiger partial charge in [-0.05, 0) is 55.0 Å². The largest absolute Gasteiger partial charge is 0.490 e. The zero-order chi connectivity index (χ0) is 23.6. The number of pyridine rings is 1. The molecule has 0 radical (unpaired) electrons. The van der Waals surface area contributed by atoms with Crippen LogP contribution in [0.3, 0.4) is 0 Å². The number of nitrogens with zero attached hydrogens (tertiary/aromatic N) is 1. The van der Waals surface area contributed by atoms with Crippen molar-refractivity contribution < 1.29 is 24.1 Å². The molecule has 0 aliphatic carbocycles. The van der Waals surface area contributed by atoms with Crippen LogP contribution in [0.1, 0.15) is 22.8 Å². The maximum Gasteiger partial charge on any atom is 0.251 e. The van der Waals surface area contributed by atoms with Crippen molar-refractivity contribution in [1.29, 1.82) is 0 Å². The highest BCUT2D eigenvalue weighted by molar-refractivity contribution is 6.42. The minimum absolute atomic E-state index is 0.0126. The Morgan fingerprint density at radius 2 is 1.82 bits per heavy atom. The minimum atomic E-state index is -0.946. The Morgan fingerprint density at radius 3 is 2.58 bits per heavy atom. The van der Waals surface area contributed by atoms with Crippen LogP contribution < -0.4 is 19.5 Å². The predicted molar refractivity (Wildman–Crippen MR) is 126 cm³/mol. The van der Waals surface area contributed by atoms with Crippen LogP contribution in [0.5, 0.6) is 17.2 Å². The fourth-order valence-corrected chi connectivity index (χ4v) is 3.18. The first-order chi connectivity index (χ1) is 16.0. The smallest absolute Gasteiger partial charge is 0.251 e. The molecule has 0 aliphatic rings. The zero-order valence-corrected chi connectivity index (χ0v) is 19.5. The summed E-state index contributed by atoms with van der Waals surface area (Å²) < 4.78 is 17.0. The third-order valence-electron chi connectivity index (χ3n) is 4.50. The number of amides is 1. The quantitative estimate of drug-likeness (QED) is 0.410. The number of benzene rings is 2. The third-order valence-corrected chi connectivity index (χ3v) is 5.30. The van der Waals surface area contributed by atoms with Gasteiger partial charge < -0.3 is 24.6 Å². The van der Waals surface area contributed by atoms with Gasteiger partial charge in [-0.15, -0.1) is 0 Å². The monoisotopic (exact) mass is 490 g/mol. The number of halogens is 2. The second-order valence-corrected chi connectivity index (χ2v) is 7.75. The predicted octanol–water partition coefficient (Wildman–Crippen LogP) is 4.54. The van der Waals surface area contributed by atoms with E-state index < -0.39 is 6.10 Å². The number of carbonyl (C=O) groups excluding carboxylic acids is 1. The first-order valence-electron chi connectivity index (χ1n) is 10.3. The van der Waals surface area contributed by atoms with E-state index in [0.29, 0.717) is 41.0 Å². The van der Waals surface area contributed by atoms with Gasteiger partial charge in [0.25, 0.3) is 5.91 Å². The van der Waals surface area contributed by atoms with E-state index in [0.717, 1.165) is 5.56 Å². The van der Waals surface area contributed by atoms with E-state index in [1.54, 1.807) is 48.8 Å². The fraction of sp³-hybridized carbons (Fsp3) is 0.250. The van der Waals surface area contributed by atoms with Crippen LogP contribution in [0.25, 0.3) is 0 Å². The van der Waals surface area contributed by atoms with Gasteiger partial charge >= 0.3 is 0 Å². The molecule has 0 bridgehead atoms. The molecule has 3 aromatic rings. The molecule has 3 rings (SSSR count). The molecule has 2 N–H and O–H groups in total. The van der Waals surface area contributed by atoms with Crippen LogP contribution in [0.15, 0.2) is 60.9 Å². The molecule has 0 spiro atoms. The van der Waals surface area contributed by atoms with Crippen molar-refractivity contribution >= 4 is 29.1 Å². The molecule has 0 fully saturated rings. The van der Waals surface area contributed by atoms with Crippen LogP contribution in [-0.4, -0.2) is 41.9 Å². The normalized spacial score (nSPS) is 11.5. The average molecular weight is 491 g/mol. The second-order valence-electron chi connectivity index (χ2n) is 6.97. The van der Waals surface area contributed by atoms with Crippen molar-refractivity contribution in [2.75, 3.05) is 19.8 Å².